The first kappa shape index (κ1) is 17.1. The first-order chi connectivity index (χ1) is 9.28. The van der Waals surface area contributed by atoms with Gasteiger partial charge in [-0.15, -0.1) is 0 Å². The number of nitrogens with zero attached hydrogens (tertiary/aromatic N) is 1. The molecule has 0 saturated heterocycles. The number of rotatable bonds is 6. The fourth-order valence-corrected chi connectivity index (χ4v) is 2.28. The molecule has 114 valence electrons. The zero-order valence-corrected chi connectivity index (χ0v) is 12.4. The lowest BCUT2D eigenvalue weighted by atomic mass is 10.0. The molecule has 2 N–H and O–H groups in total. The van der Waals surface area contributed by atoms with E-state index in [1.165, 1.54) is 4.90 Å². The van der Waals surface area contributed by atoms with Gasteiger partial charge in [0.2, 0.25) is 0 Å². The quantitative estimate of drug-likeness (QED) is 0.860. The molecule has 1 unspecified atom stereocenters. The Labute approximate surface area is 122 Å². The molecule has 0 spiro atoms. The number of halogens is 4. The lowest BCUT2D eigenvalue weighted by Crippen LogP contribution is -2.35. The van der Waals surface area contributed by atoms with Crippen molar-refractivity contribution in [3.63, 3.8) is 0 Å². The zero-order chi connectivity index (χ0) is 15.3. The number of anilines is 1. The summed E-state index contributed by atoms with van der Waals surface area (Å²) in [6.07, 6.45) is -3.03. The van der Waals surface area contributed by atoms with Gasteiger partial charge in [-0.05, 0) is 37.5 Å². The lowest BCUT2D eigenvalue weighted by Gasteiger charge is -2.28. The van der Waals surface area contributed by atoms with Crippen LogP contribution in [0.1, 0.15) is 25.8 Å². The van der Waals surface area contributed by atoms with Crippen molar-refractivity contribution in [3.05, 3.63) is 28.8 Å². The van der Waals surface area contributed by atoms with Crippen LogP contribution in [-0.4, -0.2) is 25.3 Å². The molecule has 0 heterocycles. The van der Waals surface area contributed by atoms with E-state index in [0.717, 1.165) is 6.42 Å². The fourth-order valence-electron chi connectivity index (χ4n) is 2.04. The zero-order valence-electron chi connectivity index (χ0n) is 11.7. The minimum Gasteiger partial charge on any atom is -0.363 e. The second kappa shape index (κ2) is 7.18. The van der Waals surface area contributed by atoms with Gasteiger partial charge in [-0.25, -0.2) is 0 Å². The molecule has 0 bridgehead atoms. The van der Waals surface area contributed by atoms with Gasteiger partial charge >= 0.3 is 6.18 Å². The predicted octanol–water partition coefficient (Wildman–Crippen LogP) is 4.01. The molecule has 0 radical (unpaired) electrons. The average molecular weight is 309 g/mol. The van der Waals surface area contributed by atoms with Crippen molar-refractivity contribution in [1.82, 2.24) is 0 Å². The second-order valence-electron chi connectivity index (χ2n) is 4.74. The monoisotopic (exact) mass is 308 g/mol. The maximum atomic E-state index is 12.6. The van der Waals surface area contributed by atoms with Gasteiger partial charge in [-0.2, -0.15) is 13.2 Å². The summed E-state index contributed by atoms with van der Waals surface area (Å²) in [7, 11) is 0. The van der Waals surface area contributed by atoms with Crippen molar-refractivity contribution < 1.29 is 13.2 Å². The Morgan fingerprint density at radius 3 is 2.45 bits per heavy atom. The van der Waals surface area contributed by atoms with Crippen LogP contribution in [0.25, 0.3) is 0 Å². The number of hydrogen-bond donors (Lipinski definition) is 1. The molecule has 0 aromatic heterocycles. The number of nitrogens with two attached hydrogens (primary N) is 1. The topological polar surface area (TPSA) is 29.3 Å². The van der Waals surface area contributed by atoms with E-state index < -0.39 is 12.7 Å². The molecular weight excluding hydrogens is 289 g/mol. The normalized spacial score (nSPS) is 13.3. The number of benzene rings is 1. The van der Waals surface area contributed by atoms with Gasteiger partial charge in [0, 0.05) is 23.3 Å². The van der Waals surface area contributed by atoms with Crippen molar-refractivity contribution in [3.8, 4) is 0 Å². The number of alkyl halides is 3. The van der Waals surface area contributed by atoms with Crippen molar-refractivity contribution in [2.75, 3.05) is 18.0 Å². The van der Waals surface area contributed by atoms with Crippen molar-refractivity contribution in [1.29, 1.82) is 0 Å². The summed E-state index contributed by atoms with van der Waals surface area (Å²) in [6, 6.07) is 4.90. The van der Waals surface area contributed by atoms with Gasteiger partial charge < -0.3 is 10.6 Å². The van der Waals surface area contributed by atoms with E-state index in [4.69, 9.17) is 17.3 Å². The molecule has 0 aliphatic rings. The minimum absolute atomic E-state index is 0.113. The molecule has 20 heavy (non-hydrogen) atoms. The van der Waals surface area contributed by atoms with Crippen LogP contribution in [0.15, 0.2) is 18.2 Å². The Bertz CT molecular complexity index is 435. The van der Waals surface area contributed by atoms with Crippen LogP contribution in [-0.2, 0) is 6.42 Å². The summed E-state index contributed by atoms with van der Waals surface area (Å²) in [6.45, 7) is 2.90. The van der Waals surface area contributed by atoms with E-state index in [1.54, 1.807) is 25.1 Å². The molecule has 1 rings (SSSR count). The third-order valence-corrected chi connectivity index (χ3v) is 3.53. The van der Waals surface area contributed by atoms with Gasteiger partial charge in [-0.3, -0.25) is 0 Å². The summed E-state index contributed by atoms with van der Waals surface area (Å²) in [4.78, 5) is 1.28. The second-order valence-corrected chi connectivity index (χ2v) is 5.15. The molecule has 1 aromatic rings. The van der Waals surface area contributed by atoms with Gasteiger partial charge in [0.05, 0.1) is 0 Å². The Balaban J connectivity index is 3.11. The summed E-state index contributed by atoms with van der Waals surface area (Å²) >= 11 is 6.14. The largest absolute Gasteiger partial charge is 0.405 e. The summed E-state index contributed by atoms with van der Waals surface area (Å²) in [5, 5.41) is 0.465. The molecular formula is C14H20ClF3N2. The van der Waals surface area contributed by atoms with Gasteiger partial charge in [0.1, 0.15) is 6.54 Å². The highest BCUT2D eigenvalue weighted by atomic mass is 35.5. The highest BCUT2D eigenvalue weighted by Crippen LogP contribution is 2.31. The standard InChI is InChI=1S/C14H20ClF3N2/c1-3-10(19)8-11-12(15)6-5-7-13(11)20(4-2)9-14(16,17)18/h5-7,10H,3-4,8-9,19H2,1-2H3. The summed E-state index contributed by atoms with van der Waals surface area (Å²) in [5.41, 5.74) is 7.12. The Morgan fingerprint density at radius 1 is 1.30 bits per heavy atom. The highest BCUT2D eigenvalue weighted by Gasteiger charge is 2.31. The highest BCUT2D eigenvalue weighted by molar-refractivity contribution is 6.31. The van der Waals surface area contributed by atoms with Crippen molar-refractivity contribution >= 4 is 17.3 Å². The van der Waals surface area contributed by atoms with Crippen LogP contribution >= 0.6 is 11.6 Å². The van der Waals surface area contributed by atoms with E-state index in [-0.39, 0.29) is 12.6 Å². The maximum absolute atomic E-state index is 12.6. The third kappa shape index (κ3) is 4.87. The van der Waals surface area contributed by atoms with Crippen molar-refractivity contribution in [2.24, 2.45) is 5.73 Å². The van der Waals surface area contributed by atoms with Crippen LogP contribution in [0.4, 0.5) is 18.9 Å². The lowest BCUT2D eigenvalue weighted by molar-refractivity contribution is -0.119. The maximum Gasteiger partial charge on any atom is 0.405 e. The van der Waals surface area contributed by atoms with Gasteiger partial charge in [-0.1, -0.05) is 24.6 Å². The van der Waals surface area contributed by atoms with E-state index >= 15 is 0 Å². The van der Waals surface area contributed by atoms with E-state index in [9.17, 15) is 13.2 Å². The molecule has 0 fully saturated rings. The van der Waals surface area contributed by atoms with E-state index in [0.29, 0.717) is 22.7 Å². The van der Waals surface area contributed by atoms with Crippen LogP contribution in [0.2, 0.25) is 5.02 Å². The van der Waals surface area contributed by atoms with Crippen molar-refractivity contribution in [2.45, 2.75) is 38.9 Å². The van der Waals surface area contributed by atoms with Gasteiger partial charge in [0.15, 0.2) is 0 Å². The molecule has 1 atom stereocenters. The molecule has 1 aromatic carbocycles. The Morgan fingerprint density at radius 2 is 1.95 bits per heavy atom. The predicted molar refractivity (Wildman–Crippen MR) is 77.4 cm³/mol. The molecule has 2 nitrogen and oxygen atoms in total. The first-order valence-corrected chi connectivity index (χ1v) is 7.01. The summed E-state index contributed by atoms with van der Waals surface area (Å²) in [5.74, 6) is 0. The molecule has 0 saturated carbocycles. The minimum atomic E-state index is -4.25. The Hall–Kier alpha value is -0.940. The molecule has 0 aliphatic carbocycles. The molecule has 6 heteroatoms. The SMILES string of the molecule is CCC(N)Cc1c(Cl)cccc1N(CC)CC(F)(F)F. The Kier molecular flexibility index (Phi) is 6.14. The van der Waals surface area contributed by atoms with E-state index in [1.807, 2.05) is 6.92 Å². The summed E-state index contributed by atoms with van der Waals surface area (Å²) < 4.78 is 37.9. The van der Waals surface area contributed by atoms with E-state index in [2.05, 4.69) is 0 Å². The van der Waals surface area contributed by atoms with Gasteiger partial charge in [0.25, 0.3) is 0 Å². The number of hydrogen-bond acceptors (Lipinski definition) is 2. The molecule has 0 aliphatic heterocycles. The fraction of sp³-hybridized carbons (Fsp3) is 0.571. The third-order valence-electron chi connectivity index (χ3n) is 3.18. The van der Waals surface area contributed by atoms with Crippen LogP contribution in [0, 0.1) is 0 Å². The van der Waals surface area contributed by atoms with Crippen LogP contribution in [0.5, 0.6) is 0 Å². The smallest absolute Gasteiger partial charge is 0.363 e. The first-order valence-electron chi connectivity index (χ1n) is 6.63. The average Bonchev–Trinajstić information content (AvgIpc) is 2.37. The molecule has 0 amide bonds. The van der Waals surface area contributed by atoms with Crippen LogP contribution in [0.3, 0.4) is 0 Å². The van der Waals surface area contributed by atoms with Crippen LogP contribution < -0.4 is 10.6 Å².